The number of methoxy groups -OCH3 is 1. The number of nitrogens with two attached hydrogens (primary N) is 1. The molecular weight excluding hydrogens is 236 g/mol. The molecule has 0 saturated carbocycles. The Balaban J connectivity index is 2.22. The van der Waals surface area contributed by atoms with Crippen LogP contribution in [0.15, 0.2) is 42.5 Å². The second-order valence-corrected chi connectivity index (χ2v) is 4.60. The maximum Gasteiger partial charge on any atom is 0.0503 e. The molecule has 2 aromatic rings. The zero-order valence-electron chi connectivity index (χ0n) is 11.4. The first-order valence-electron chi connectivity index (χ1n) is 6.40. The van der Waals surface area contributed by atoms with Crippen LogP contribution in [0.2, 0.25) is 0 Å². The van der Waals surface area contributed by atoms with E-state index in [9.17, 15) is 0 Å². The number of hydrogen-bond donors (Lipinski definition) is 2. The molecule has 0 aliphatic rings. The van der Waals surface area contributed by atoms with E-state index in [0.29, 0.717) is 0 Å². The number of para-hydroxylation sites is 1. The van der Waals surface area contributed by atoms with Gasteiger partial charge in [-0.3, -0.25) is 0 Å². The summed E-state index contributed by atoms with van der Waals surface area (Å²) in [6, 6.07) is 14.2. The third-order valence-electron chi connectivity index (χ3n) is 3.11. The number of nitrogens with one attached hydrogen (secondary N) is 1. The third kappa shape index (κ3) is 3.48. The minimum Gasteiger partial charge on any atom is -0.399 e. The van der Waals surface area contributed by atoms with E-state index in [1.807, 2.05) is 30.3 Å². The Bertz CT molecular complexity index is 552. The minimum atomic E-state index is 0.722. The van der Waals surface area contributed by atoms with Gasteiger partial charge in [-0.2, -0.15) is 0 Å². The van der Waals surface area contributed by atoms with Gasteiger partial charge in [0.15, 0.2) is 0 Å². The van der Waals surface area contributed by atoms with Gasteiger partial charge in [-0.1, -0.05) is 18.2 Å². The molecule has 3 heteroatoms. The Morgan fingerprint density at radius 3 is 2.63 bits per heavy atom. The Morgan fingerprint density at radius 2 is 1.89 bits per heavy atom. The highest BCUT2D eigenvalue weighted by Crippen LogP contribution is 2.25. The van der Waals surface area contributed by atoms with Crippen molar-refractivity contribution in [3.63, 3.8) is 0 Å². The first-order valence-corrected chi connectivity index (χ1v) is 6.40. The Morgan fingerprint density at radius 1 is 1.11 bits per heavy atom. The van der Waals surface area contributed by atoms with Gasteiger partial charge in [0.1, 0.15) is 0 Å². The average Bonchev–Trinajstić information content (AvgIpc) is 2.41. The van der Waals surface area contributed by atoms with Crippen molar-refractivity contribution in [2.24, 2.45) is 0 Å². The molecule has 3 nitrogen and oxygen atoms in total. The third-order valence-corrected chi connectivity index (χ3v) is 3.11. The first kappa shape index (κ1) is 13.4. The molecular formula is C16H20N2O. The van der Waals surface area contributed by atoms with E-state index in [1.54, 1.807) is 7.11 Å². The fourth-order valence-corrected chi connectivity index (χ4v) is 2.04. The van der Waals surface area contributed by atoms with Crippen LogP contribution in [0.1, 0.15) is 11.1 Å². The van der Waals surface area contributed by atoms with Gasteiger partial charge >= 0.3 is 0 Å². The van der Waals surface area contributed by atoms with Crippen molar-refractivity contribution in [1.82, 2.24) is 0 Å². The molecule has 0 aliphatic carbocycles. The number of ether oxygens (including phenoxy) is 1. The van der Waals surface area contributed by atoms with Gasteiger partial charge < -0.3 is 15.8 Å². The lowest BCUT2D eigenvalue weighted by Gasteiger charge is -2.14. The molecule has 100 valence electrons. The van der Waals surface area contributed by atoms with Gasteiger partial charge in [-0.25, -0.2) is 0 Å². The second kappa shape index (κ2) is 6.25. The lowest BCUT2D eigenvalue weighted by Crippen LogP contribution is -2.01. The molecule has 0 aliphatic heterocycles. The molecule has 0 fully saturated rings. The van der Waals surface area contributed by atoms with Crippen molar-refractivity contribution in [1.29, 1.82) is 0 Å². The SMILES string of the molecule is COCCc1ccccc1Nc1ccc(N)cc1C. The molecule has 2 rings (SSSR count). The Labute approximate surface area is 114 Å². The monoisotopic (exact) mass is 256 g/mol. The van der Waals surface area contributed by atoms with E-state index in [4.69, 9.17) is 10.5 Å². The average molecular weight is 256 g/mol. The van der Waals surface area contributed by atoms with Crippen molar-refractivity contribution in [2.75, 3.05) is 24.8 Å². The summed E-state index contributed by atoms with van der Waals surface area (Å²) in [6.45, 7) is 2.77. The highest BCUT2D eigenvalue weighted by molar-refractivity contribution is 5.67. The fraction of sp³-hybridized carbons (Fsp3) is 0.250. The highest BCUT2D eigenvalue weighted by atomic mass is 16.5. The van der Waals surface area contributed by atoms with Gasteiger partial charge in [0.05, 0.1) is 6.61 Å². The maximum absolute atomic E-state index is 5.77. The summed E-state index contributed by atoms with van der Waals surface area (Å²) in [5.74, 6) is 0. The van der Waals surface area contributed by atoms with Crippen molar-refractivity contribution >= 4 is 17.1 Å². The molecule has 0 saturated heterocycles. The van der Waals surface area contributed by atoms with E-state index in [2.05, 4.69) is 24.4 Å². The highest BCUT2D eigenvalue weighted by Gasteiger charge is 2.04. The van der Waals surface area contributed by atoms with Crippen LogP contribution in [0.3, 0.4) is 0 Å². The van der Waals surface area contributed by atoms with E-state index >= 15 is 0 Å². The van der Waals surface area contributed by atoms with Crippen molar-refractivity contribution in [3.8, 4) is 0 Å². The van der Waals surface area contributed by atoms with Crippen LogP contribution >= 0.6 is 0 Å². The lowest BCUT2D eigenvalue weighted by molar-refractivity contribution is 0.202. The Kier molecular flexibility index (Phi) is 4.42. The first-order chi connectivity index (χ1) is 9.20. The standard InChI is InChI=1S/C16H20N2O/c1-12-11-14(17)7-8-15(12)18-16-6-4-3-5-13(16)9-10-19-2/h3-8,11,18H,9-10,17H2,1-2H3. The van der Waals surface area contributed by atoms with Crippen LogP contribution in [0, 0.1) is 6.92 Å². The molecule has 0 bridgehead atoms. The van der Waals surface area contributed by atoms with E-state index < -0.39 is 0 Å². The predicted octanol–water partition coefficient (Wildman–Crippen LogP) is 3.51. The fourth-order valence-electron chi connectivity index (χ4n) is 2.04. The van der Waals surface area contributed by atoms with Gasteiger partial charge in [0.2, 0.25) is 0 Å². The van der Waals surface area contributed by atoms with Gasteiger partial charge in [0, 0.05) is 24.2 Å². The van der Waals surface area contributed by atoms with Gasteiger partial charge in [-0.15, -0.1) is 0 Å². The largest absolute Gasteiger partial charge is 0.399 e. The normalized spacial score (nSPS) is 10.4. The second-order valence-electron chi connectivity index (χ2n) is 4.60. The number of rotatable bonds is 5. The molecule has 0 unspecified atom stereocenters. The summed E-state index contributed by atoms with van der Waals surface area (Å²) >= 11 is 0. The summed E-state index contributed by atoms with van der Waals surface area (Å²) in [5.41, 5.74) is 11.2. The molecule has 0 atom stereocenters. The molecule has 0 spiro atoms. The quantitative estimate of drug-likeness (QED) is 0.805. The zero-order chi connectivity index (χ0) is 13.7. The summed E-state index contributed by atoms with van der Waals surface area (Å²) in [7, 11) is 1.72. The van der Waals surface area contributed by atoms with E-state index in [1.165, 1.54) is 5.56 Å². The van der Waals surface area contributed by atoms with Crippen LogP contribution in [0.4, 0.5) is 17.1 Å². The topological polar surface area (TPSA) is 47.3 Å². The zero-order valence-corrected chi connectivity index (χ0v) is 11.4. The summed E-state index contributed by atoms with van der Waals surface area (Å²) < 4.78 is 5.15. The van der Waals surface area contributed by atoms with E-state index in [-0.39, 0.29) is 0 Å². The van der Waals surface area contributed by atoms with Crippen molar-refractivity contribution in [3.05, 3.63) is 53.6 Å². The minimum absolute atomic E-state index is 0.722. The molecule has 3 N–H and O–H groups in total. The van der Waals surface area contributed by atoms with Crippen LogP contribution in [-0.2, 0) is 11.2 Å². The number of aryl methyl sites for hydroxylation is 1. The van der Waals surface area contributed by atoms with Crippen LogP contribution in [0.25, 0.3) is 0 Å². The molecule has 0 radical (unpaired) electrons. The smallest absolute Gasteiger partial charge is 0.0503 e. The molecule has 2 aromatic carbocycles. The number of hydrogen-bond acceptors (Lipinski definition) is 3. The molecule has 0 amide bonds. The summed E-state index contributed by atoms with van der Waals surface area (Å²) in [6.07, 6.45) is 0.897. The van der Waals surface area contributed by atoms with Crippen LogP contribution in [-0.4, -0.2) is 13.7 Å². The summed E-state index contributed by atoms with van der Waals surface area (Å²) in [4.78, 5) is 0. The summed E-state index contributed by atoms with van der Waals surface area (Å²) in [5, 5.41) is 3.47. The van der Waals surface area contributed by atoms with Crippen molar-refractivity contribution < 1.29 is 4.74 Å². The van der Waals surface area contributed by atoms with Crippen LogP contribution in [0.5, 0.6) is 0 Å². The van der Waals surface area contributed by atoms with Gasteiger partial charge in [-0.05, 0) is 48.7 Å². The lowest BCUT2D eigenvalue weighted by atomic mass is 10.1. The molecule has 0 aromatic heterocycles. The van der Waals surface area contributed by atoms with Crippen molar-refractivity contribution in [2.45, 2.75) is 13.3 Å². The van der Waals surface area contributed by atoms with E-state index in [0.717, 1.165) is 35.7 Å². The maximum atomic E-state index is 5.77. The predicted molar refractivity (Wildman–Crippen MR) is 80.9 cm³/mol. The number of benzene rings is 2. The number of nitrogen functional groups attached to an aromatic ring is 1. The molecule has 19 heavy (non-hydrogen) atoms. The van der Waals surface area contributed by atoms with Gasteiger partial charge in [0.25, 0.3) is 0 Å². The number of anilines is 3. The van der Waals surface area contributed by atoms with Crippen LogP contribution < -0.4 is 11.1 Å². The molecule has 0 heterocycles. The Hall–Kier alpha value is -2.00.